The average Bonchev–Trinajstić information content (AvgIpc) is 2.35. The maximum absolute atomic E-state index is 12.1. The van der Waals surface area contributed by atoms with Crippen LogP contribution in [0, 0.1) is 5.92 Å². The second kappa shape index (κ2) is 7.20. The van der Waals surface area contributed by atoms with E-state index in [1.165, 1.54) is 4.90 Å². The van der Waals surface area contributed by atoms with Crippen LogP contribution in [0.15, 0.2) is 0 Å². The van der Waals surface area contributed by atoms with Gasteiger partial charge in [-0.2, -0.15) is 0 Å². The summed E-state index contributed by atoms with van der Waals surface area (Å²) in [5.74, 6) is -0.494. The first-order chi connectivity index (χ1) is 8.54. The molecule has 0 saturated carbocycles. The average molecular weight is 258 g/mol. The third-order valence-corrected chi connectivity index (χ3v) is 3.18. The van der Waals surface area contributed by atoms with Crippen LogP contribution in [0.4, 0.5) is 4.79 Å². The molecule has 0 aromatic rings. The van der Waals surface area contributed by atoms with Crippen LogP contribution in [0.25, 0.3) is 0 Å². The Kier molecular flexibility index (Phi) is 5.91. The van der Waals surface area contributed by atoms with E-state index < -0.39 is 5.97 Å². The Morgan fingerprint density at radius 1 is 1.50 bits per heavy atom. The van der Waals surface area contributed by atoms with E-state index in [4.69, 9.17) is 9.84 Å². The van der Waals surface area contributed by atoms with Crippen LogP contribution in [0.5, 0.6) is 0 Å². The van der Waals surface area contributed by atoms with Crippen LogP contribution in [-0.4, -0.2) is 67.3 Å². The third kappa shape index (κ3) is 4.52. The second-order valence-electron chi connectivity index (χ2n) is 4.76. The number of nitrogens with zero attached hydrogens (tertiary/aromatic N) is 2. The van der Waals surface area contributed by atoms with Crippen molar-refractivity contribution in [1.29, 1.82) is 0 Å². The van der Waals surface area contributed by atoms with Gasteiger partial charge in [-0.3, -0.25) is 4.79 Å². The number of hydrogen-bond donors (Lipinski definition) is 1. The van der Waals surface area contributed by atoms with Gasteiger partial charge in [0.1, 0.15) is 0 Å². The summed E-state index contributed by atoms with van der Waals surface area (Å²) in [6, 6.07) is -0.0861. The number of urea groups is 1. The molecule has 104 valence electrons. The summed E-state index contributed by atoms with van der Waals surface area (Å²) in [7, 11) is 3.31. The highest BCUT2D eigenvalue weighted by Crippen LogP contribution is 2.17. The monoisotopic (exact) mass is 258 g/mol. The number of piperidine rings is 1. The highest BCUT2D eigenvalue weighted by atomic mass is 16.5. The van der Waals surface area contributed by atoms with E-state index in [9.17, 15) is 9.59 Å². The van der Waals surface area contributed by atoms with Crippen LogP contribution in [0.3, 0.4) is 0 Å². The molecule has 1 fully saturated rings. The fourth-order valence-corrected chi connectivity index (χ4v) is 2.21. The molecular weight excluding hydrogens is 236 g/mol. The number of hydrogen-bond acceptors (Lipinski definition) is 3. The molecule has 1 N–H and O–H groups in total. The number of ether oxygens (including phenoxy) is 1. The molecular formula is C12H22N2O4. The summed E-state index contributed by atoms with van der Waals surface area (Å²) in [6.07, 6.45) is 2.04. The van der Waals surface area contributed by atoms with Crippen LogP contribution in [-0.2, 0) is 9.53 Å². The highest BCUT2D eigenvalue weighted by Gasteiger charge is 2.25. The Labute approximate surface area is 107 Å². The molecule has 1 aliphatic rings. The number of amides is 2. The van der Waals surface area contributed by atoms with Crippen molar-refractivity contribution in [2.45, 2.75) is 19.3 Å². The summed E-state index contributed by atoms with van der Waals surface area (Å²) >= 11 is 0. The van der Waals surface area contributed by atoms with Crippen molar-refractivity contribution in [2.75, 3.05) is 40.4 Å². The molecule has 0 aromatic carbocycles. The zero-order valence-electron chi connectivity index (χ0n) is 11.1. The second-order valence-corrected chi connectivity index (χ2v) is 4.76. The predicted octanol–water partition coefficient (Wildman–Crippen LogP) is 0.871. The van der Waals surface area contributed by atoms with E-state index in [1.807, 2.05) is 0 Å². The molecule has 1 rings (SSSR count). The molecule has 0 aliphatic carbocycles. The van der Waals surface area contributed by atoms with Gasteiger partial charge in [0.05, 0.1) is 13.0 Å². The van der Waals surface area contributed by atoms with E-state index in [0.29, 0.717) is 19.1 Å². The Bertz CT molecular complexity index is 294. The van der Waals surface area contributed by atoms with Gasteiger partial charge in [0.25, 0.3) is 0 Å². The fraction of sp³-hybridized carbons (Fsp3) is 0.833. The standard InChI is InChI=1S/C12H22N2O4/c1-13(7-5-11(15)16)12(17)14-6-3-4-10(8-14)9-18-2/h10H,3-9H2,1-2H3,(H,15,16). The van der Waals surface area contributed by atoms with Gasteiger partial charge >= 0.3 is 12.0 Å². The molecule has 6 nitrogen and oxygen atoms in total. The zero-order valence-corrected chi connectivity index (χ0v) is 11.1. The minimum Gasteiger partial charge on any atom is -0.481 e. The van der Waals surface area contributed by atoms with E-state index >= 15 is 0 Å². The van der Waals surface area contributed by atoms with Gasteiger partial charge < -0.3 is 19.6 Å². The first kappa shape index (κ1) is 14.8. The Balaban J connectivity index is 2.42. The molecule has 18 heavy (non-hydrogen) atoms. The number of methoxy groups -OCH3 is 1. The van der Waals surface area contributed by atoms with Crippen molar-refractivity contribution in [1.82, 2.24) is 9.80 Å². The summed E-state index contributed by atoms with van der Waals surface area (Å²) in [4.78, 5) is 25.8. The van der Waals surface area contributed by atoms with Gasteiger partial charge in [0.2, 0.25) is 0 Å². The Morgan fingerprint density at radius 2 is 2.22 bits per heavy atom. The van der Waals surface area contributed by atoms with E-state index in [1.54, 1.807) is 19.1 Å². The van der Waals surface area contributed by atoms with E-state index in [2.05, 4.69) is 0 Å². The number of carboxylic acids is 1. The van der Waals surface area contributed by atoms with Crippen molar-refractivity contribution >= 4 is 12.0 Å². The summed E-state index contributed by atoms with van der Waals surface area (Å²) in [5, 5.41) is 8.60. The van der Waals surface area contributed by atoms with Crippen molar-refractivity contribution in [2.24, 2.45) is 5.92 Å². The number of carboxylic acid groups (broad SMARTS) is 1. The van der Waals surface area contributed by atoms with Crippen LogP contribution in [0.1, 0.15) is 19.3 Å². The molecule has 0 spiro atoms. The molecule has 1 aliphatic heterocycles. The predicted molar refractivity (Wildman–Crippen MR) is 66.5 cm³/mol. The van der Waals surface area contributed by atoms with Crippen molar-refractivity contribution < 1.29 is 19.4 Å². The number of aliphatic carboxylic acids is 1. The molecule has 0 radical (unpaired) electrons. The Hall–Kier alpha value is -1.30. The van der Waals surface area contributed by atoms with Gasteiger partial charge in [0.15, 0.2) is 0 Å². The van der Waals surface area contributed by atoms with Crippen molar-refractivity contribution in [3.63, 3.8) is 0 Å². The molecule has 1 saturated heterocycles. The topological polar surface area (TPSA) is 70.1 Å². The van der Waals surface area contributed by atoms with Crippen molar-refractivity contribution in [3.8, 4) is 0 Å². The highest BCUT2D eigenvalue weighted by molar-refractivity contribution is 5.75. The molecule has 6 heteroatoms. The number of rotatable bonds is 5. The molecule has 2 amide bonds. The van der Waals surface area contributed by atoms with Gasteiger partial charge in [-0.05, 0) is 12.8 Å². The maximum atomic E-state index is 12.1. The number of likely N-dealkylation sites (tertiary alicyclic amines) is 1. The fourth-order valence-electron chi connectivity index (χ4n) is 2.21. The van der Waals surface area contributed by atoms with Gasteiger partial charge in [-0.1, -0.05) is 0 Å². The zero-order chi connectivity index (χ0) is 13.5. The Morgan fingerprint density at radius 3 is 2.83 bits per heavy atom. The van der Waals surface area contributed by atoms with Crippen LogP contribution >= 0.6 is 0 Å². The summed E-state index contributed by atoms with van der Waals surface area (Å²) in [5.41, 5.74) is 0. The largest absolute Gasteiger partial charge is 0.481 e. The SMILES string of the molecule is COCC1CCCN(C(=O)N(C)CCC(=O)O)C1. The molecule has 0 bridgehead atoms. The molecule has 1 heterocycles. The van der Waals surface area contributed by atoms with E-state index in [0.717, 1.165) is 19.4 Å². The maximum Gasteiger partial charge on any atom is 0.319 e. The minimum absolute atomic E-state index is 0.0163. The first-order valence-electron chi connectivity index (χ1n) is 6.25. The van der Waals surface area contributed by atoms with Crippen LogP contribution < -0.4 is 0 Å². The molecule has 1 unspecified atom stereocenters. The summed E-state index contributed by atoms with van der Waals surface area (Å²) in [6.45, 7) is 2.36. The van der Waals surface area contributed by atoms with Gasteiger partial charge in [-0.25, -0.2) is 4.79 Å². The lowest BCUT2D eigenvalue weighted by atomic mass is 9.99. The number of carbonyl (C=O) groups is 2. The lowest BCUT2D eigenvalue weighted by Crippen LogP contribution is -2.47. The lowest BCUT2D eigenvalue weighted by molar-refractivity contribution is -0.137. The van der Waals surface area contributed by atoms with E-state index in [-0.39, 0.29) is 19.0 Å². The first-order valence-corrected chi connectivity index (χ1v) is 6.25. The number of carbonyl (C=O) groups excluding carboxylic acids is 1. The van der Waals surface area contributed by atoms with Crippen molar-refractivity contribution in [3.05, 3.63) is 0 Å². The normalized spacial score (nSPS) is 19.7. The van der Waals surface area contributed by atoms with Gasteiger partial charge in [-0.15, -0.1) is 0 Å². The third-order valence-electron chi connectivity index (χ3n) is 3.18. The van der Waals surface area contributed by atoms with Crippen LogP contribution in [0.2, 0.25) is 0 Å². The minimum atomic E-state index is -0.884. The molecule has 1 atom stereocenters. The lowest BCUT2D eigenvalue weighted by Gasteiger charge is -2.35. The molecule has 0 aromatic heterocycles. The van der Waals surface area contributed by atoms with Gasteiger partial charge in [0, 0.05) is 39.7 Å². The smallest absolute Gasteiger partial charge is 0.319 e. The summed E-state index contributed by atoms with van der Waals surface area (Å²) < 4.78 is 5.12. The quantitative estimate of drug-likeness (QED) is 0.794.